The van der Waals surface area contributed by atoms with Gasteiger partial charge < -0.3 is 14.4 Å². The molecule has 2 aromatic carbocycles. The number of halogens is 3. The summed E-state index contributed by atoms with van der Waals surface area (Å²) in [5, 5.41) is 16.5. The molecule has 1 saturated heterocycles. The number of benzene rings is 2. The Hall–Kier alpha value is -3.33. The van der Waals surface area contributed by atoms with Gasteiger partial charge in [0.2, 0.25) is 6.17 Å². The van der Waals surface area contributed by atoms with Crippen LogP contribution in [-0.2, 0) is 16.0 Å². The number of aryl methyl sites for hydroxylation is 1. The highest BCUT2D eigenvalue weighted by molar-refractivity contribution is 5.99. The van der Waals surface area contributed by atoms with Crippen molar-refractivity contribution < 1.29 is 27.8 Å². The molecule has 0 saturated carbocycles. The molecule has 2 N–H and O–H groups in total. The largest absolute Gasteiger partial charge is 0.479 e. The molecule has 5 rings (SSSR count). The maximum atomic E-state index is 15.8. The van der Waals surface area contributed by atoms with Gasteiger partial charge in [-0.3, -0.25) is 5.10 Å². The molecular weight excluding hydrogens is 435 g/mol. The van der Waals surface area contributed by atoms with E-state index in [1.165, 1.54) is 12.3 Å². The third-order valence-electron chi connectivity index (χ3n) is 6.41. The highest BCUT2D eigenvalue weighted by Crippen LogP contribution is 2.42. The van der Waals surface area contributed by atoms with E-state index in [0.29, 0.717) is 59.5 Å². The Balaban J connectivity index is 1.89. The third kappa shape index (κ3) is 3.56. The zero-order chi connectivity index (χ0) is 23.3. The van der Waals surface area contributed by atoms with Gasteiger partial charge in [-0.15, -0.1) is 0 Å². The summed E-state index contributed by atoms with van der Waals surface area (Å²) in [4.78, 5) is 11.4. The van der Waals surface area contributed by atoms with Crippen molar-refractivity contribution in [1.29, 1.82) is 0 Å². The number of aromatic amines is 1. The molecule has 0 spiro atoms. The Kier molecular flexibility index (Phi) is 5.36. The van der Waals surface area contributed by atoms with Crippen molar-refractivity contribution in [3.05, 3.63) is 58.9 Å². The van der Waals surface area contributed by atoms with Gasteiger partial charge in [0.25, 0.3) is 0 Å². The van der Waals surface area contributed by atoms with E-state index in [2.05, 4.69) is 10.2 Å². The Labute approximate surface area is 187 Å². The number of alkyl halides is 1. The second-order valence-electron chi connectivity index (χ2n) is 8.45. The summed E-state index contributed by atoms with van der Waals surface area (Å²) >= 11 is 0. The number of fused-ring (bicyclic) bond motifs is 2. The minimum absolute atomic E-state index is 0.108. The molecule has 3 heterocycles. The van der Waals surface area contributed by atoms with Crippen LogP contribution in [0.2, 0.25) is 0 Å². The first-order valence-corrected chi connectivity index (χ1v) is 10.8. The normalized spacial score (nSPS) is 16.0. The molecule has 0 aliphatic carbocycles. The van der Waals surface area contributed by atoms with E-state index in [1.807, 2.05) is 4.57 Å². The number of carbonyl (C=O) groups is 1. The summed E-state index contributed by atoms with van der Waals surface area (Å²) in [6.07, 6.45) is 0.0499. The van der Waals surface area contributed by atoms with Crippen LogP contribution in [0.5, 0.6) is 0 Å². The standard InChI is InChI=1S/C24H22F3N3O3/c1-12-8-15(2-3-17(12)25)30-19-9-14-11-28-29-22(14)21(27)20(19)16(10-18(26)24(31)32)23(30)13-4-6-33-7-5-13/h2-3,8-9,11,13,18H,4-7,10H2,1H3,(H,28,29)(H,31,32)/t18-/m0/s1. The molecule has 0 amide bonds. The van der Waals surface area contributed by atoms with Crippen LogP contribution in [0.4, 0.5) is 13.2 Å². The molecule has 1 fully saturated rings. The second-order valence-corrected chi connectivity index (χ2v) is 8.45. The number of hydrogen-bond donors (Lipinski definition) is 2. The lowest BCUT2D eigenvalue weighted by atomic mass is 9.90. The van der Waals surface area contributed by atoms with Gasteiger partial charge in [0.05, 0.1) is 11.7 Å². The molecule has 2 aromatic heterocycles. The van der Waals surface area contributed by atoms with Gasteiger partial charge in [0.15, 0.2) is 5.82 Å². The Bertz CT molecular complexity index is 1370. The second kappa shape index (κ2) is 8.22. The molecule has 1 aliphatic heterocycles. The van der Waals surface area contributed by atoms with E-state index in [0.717, 1.165) is 0 Å². The maximum absolute atomic E-state index is 15.8. The number of ether oxygens (including phenoxy) is 1. The van der Waals surface area contributed by atoms with Crippen LogP contribution in [0.25, 0.3) is 27.5 Å². The summed E-state index contributed by atoms with van der Waals surface area (Å²) in [6, 6.07) is 6.33. The number of hydrogen-bond acceptors (Lipinski definition) is 3. The molecule has 4 aromatic rings. The zero-order valence-corrected chi connectivity index (χ0v) is 17.9. The van der Waals surface area contributed by atoms with Crippen LogP contribution >= 0.6 is 0 Å². The van der Waals surface area contributed by atoms with Crippen LogP contribution in [0.1, 0.15) is 35.6 Å². The highest BCUT2D eigenvalue weighted by atomic mass is 19.1. The number of aliphatic carboxylic acids is 1. The number of nitrogens with zero attached hydrogens (tertiary/aromatic N) is 2. The molecule has 0 bridgehead atoms. The van der Waals surface area contributed by atoms with Gasteiger partial charge in [-0.05, 0) is 55.2 Å². The lowest BCUT2D eigenvalue weighted by Gasteiger charge is -2.26. The Morgan fingerprint density at radius 3 is 2.76 bits per heavy atom. The zero-order valence-electron chi connectivity index (χ0n) is 17.9. The molecule has 1 aliphatic rings. The molecule has 1 atom stereocenters. The van der Waals surface area contributed by atoms with Crippen LogP contribution < -0.4 is 0 Å². The third-order valence-corrected chi connectivity index (χ3v) is 6.41. The number of carboxylic acids is 1. The first-order valence-electron chi connectivity index (χ1n) is 10.8. The fraction of sp³-hybridized carbons (Fsp3) is 0.333. The maximum Gasteiger partial charge on any atom is 0.338 e. The van der Waals surface area contributed by atoms with Gasteiger partial charge in [-0.1, -0.05) is 0 Å². The fourth-order valence-electron chi connectivity index (χ4n) is 4.81. The molecular formula is C24H22F3N3O3. The van der Waals surface area contributed by atoms with Crippen molar-refractivity contribution in [1.82, 2.24) is 14.8 Å². The lowest BCUT2D eigenvalue weighted by Crippen LogP contribution is -2.21. The predicted octanol–water partition coefficient (Wildman–Crippen LogP) is 4.95. The monoisotopic (exact) mass is 457 g/mol. The van der Waals surface area contributed by atoms with Crippen LogP contribution in [0, 0.1) is 18.6 Å². The van der Waals surface area contributed by atoms with Crippen LogP contribution in [-0.4, -0.2) is 45.2 Å². The van der Waals surface area contributed by atoms with E-state index >= 15 is 4.39 Å². The quantitative estimate of drug-likeness (QED) is 0.444. The van der Waals surface area contributed by atoms with Crippen molar-refractivity contribution >= 4 is 27.8 Å². The summed E-state index contributed by atoms with van der Waals surface area (Å²) in [7, 11) is 0. The number of nitrogens with one attached hydrogen (secondary N) is 1. The van der Waals surface area contributed by atoms with Crippen LogP contribution in [0.3, 0.4) is 0 Å². The summed E-state index contributed by atoms with van der Waals surface area (Å²) in [5.41, 5.74) is 2.58. The molecule has 172 valence electrons. The molecule has 0 radical (unpaired) electrons. The SMILES string of the molecule is Cc1cc(-n2c(C3CCOCC3)c(C[C@H](F)C(=O)O)c3c(F)c4[nH]ncc4cc32)ccc1F. The van der Waals surface area contributed by atoms with E-state index in [9.17, 15) is 18.7 Å². The smallest absolute Gasteiger partial charge is 0.338 e. The minimum Gasteiger partial charge on any atom is -0.479 e. The van der Waals surface area contributed by atoms with Crippen molar-refractivity contribution in [2.24, 2.45) is 0 Å². The van der Waals surface area contributed by atoms with Gasteiger partial charge >= 0.3 is 5.97 Å². The number of carboxylic acid groups (broad SMARTS) is 1. The molecule has 33 heavy (non-hydrogen) atoms. The number of rotatable bonds is 5. The van der Waals surface area contributed by atoms with Crippen molar-refractivity contribution in [3.8, 4) is 5.69 Å². The average Bonchev–Trinajstić information content (AvgIpc) is 3.39. The van der Waals surface area contributed by atoms with Gasteiger partial charge in [0, 0.05) is 47.7 Å². The van der Waals surface area contributed by atoms with Gasteiger partial charge in [-0.2, -0.15) is 5.10 Å². The van der Waals surface area contributed by atoms with E-state index in [4.69, 9.17) is 4.74 Å². The number of H-pyrrole nitrogens is 1. The summed E-state index contributed by atoms with van der Waals surface area (Å²) < 4.78 is 51.7. The highest BCUT2D eigenvalue weighted by Gasteiger charge is 2.32. The topological polar surface area (TPSA) is 80.1 Å². The minimum atomic E-state index is -2.20. The Morgan fingerprint density at radius 2 is 2.06 bits per heavy atom. The predicted molar refractivity (Wildman–Crippen MR) is 117 cm³/mol. The summed E-state index contributed by atoms with van der Waals surface area (Å²) in [6.45, 7) is 2.61. The molecule has 6 nitrogen and oxygen atoms in total. The fourth-order valence-corrected chi connectivity index (χ4v) is 4.81. The van der Waals surface area contributed by atoms with Crippen molar-refractivity contribution in [2.75, 3.05) is 13.2 Å². The van der Waals surface area contributed by atoms with Crippen molar-refractivity contribution in [2.45, 2.75) is 38.3 Å². The molecule has 0 unspecified atom stereocenters. The number of aromatic nitrogens is 3. The van der Waals surface area contributed by atoms with E-state index < -0.39 is 24.4 Å². The van der Waals surface area contributed by atoms with Gasteiger partial charge in [0.1, 0.15) is 11.3 Å². The summed E-state index contributed by atoms with van der Waals surface area (Å²) in [5.74, 6) is -2.70. The Morgan fingerprint density at radius 1 is 1.30 bits per heavy atom. The first kappa shape index (κ1) is 21.5. The van der Waals surface area contributed by atoms with E-state index in [1.54, 1.807) is 25.1 Å². The average molecular weight is 457 g/mol. The first-order chi connectivity index (χ1) is 15.9. The van der Waals surface area contributed by atoms with Gasteiger partial charge in [-0.25, -0.2) is 18.0 Å². The van der Waals surface area contributed by atoms with Crippen molar-refractivity contribution in [3.63, 3.8) is 0 Å². The van der Waals surface area contributed by atoms with Crippen LogP contribution in [0.15, 0.2) is 30.5 Å². The molecule has 9 heteroatoms. The lowest BCUT2D eigenvalue weighted by molar-refractivity contribution is -0.142. The van der Waals surface area contributed by atoms with E-state index in [-0.39, 0.29) is 22.6 Å².